The quantitative estimate of drug-likeness (QED) is 0.209. The topological polar surface area (TPSA) is 135 Å². The van der Waals surface area contributed by atoms with E-state index in [1.54, 1.807) is 36.5 Å². The Morgan fingerprint density at radius 1 is 0.837 bits per heavy atom. The van der Waals surface area contributed by atoms with Gasteiger partial charge in [0.1, 0.15) is 5.69 Å². The zero-order valence-corrected chi connectivity index (χ0v) is 22.5. The first-order valence-corrected chi connectivity index (χ1v) is 12.9. The minimum Gasteiger partial charge on any atom is -0.475 e. The number of aliphatic carboxylic acids is 1. The maximum atomic E-state index is 13.1. The standard InChI is InChI=1S/C30H24N4O2.C2HF3O2/c31-18-20-11-13-23(14-12-20)28-24(21-7-3-1-4-8-21)17-25-26(34-28)15-16-32-29(25)30(36)33-19-27(35)22-9-5-2-6-10-22;3-2(4,5)1(6)7/h1-17H,18-19,31H2,(H,33,36);(H,6,7). The predicted molar refractivity (Wildman–Crippen MR) is 155 cm³/mol. The number of ketones is 1. The number of fused-ring (bicyclic) bond motifs is 1. The number of aromatic nitrogens is 2. The maximum absolute atomic E-state index is 13.1. The van der Waals surface area contributed by atoms with Crippen LogP contribution in [-0.4, -0.2) is 45.5 Å². The summed E-state index contributed by atoms with van der Waals surface area (Å²) in [7, 11) is 0. The number of rotatable bonds is 7. The lowest BCUT2D eigenvalue weighted by atomic mass is 9.96. The number of Topliss-reactive ketones (excluding diaryl/α,β-unsaturated/α-hetero) is 1. The molecule has 0 aliphatic heterocycles. The summed E-state index contributed by atoms with van der Waals surface area (Å²) < 4.78 is 31.7. The van der Waals surface area contributed by atoms with Gasteiger partial charge in [-0.1, -0.05) is 84.9 Å². The highest BCUT2D eigenvalue weighted by Crippen LogP contribution is 2.34. The van der Waals surface area contributed by atoms with Gasteiger partial charge in [-0.05, 0) is 23.3 Å². The van der Waals surface area contributed by atoms with E-state index in [0.29, 0.717) is 23.0 Å². The molecule has 0 saturated heterocycles. The maximum Gasteiger partial charge on any atom is 0.490 e. The van der Waals surface area contributed by atoms with Crippen molar-refractivity contribution in [3.05, 3.63) is 120 Å². The molecule has 0 saturated carbocycles. The number of nitrogens with zero attached hydrogens (tertiary/aromatic N) is 2. The van der Waals surface area contributed by atoms with E-state index >= 15 is 0 Å². The smallest absolute Gasteiger partial charge is 0.475 e. The highest BCUT2D eigenvalue weighted by Gasteiger charge is 2.38. The van der Waals surface area contributed by atoms with E-state index in [0.717, 1.165) is 27.9 Å². The van der Waals surface area contributed by atoms with Crippen LogP contribution in [0.15, 0.2) is 103 Å². The third-order valence-corrected chi connectivity index (χ3v) is 6.25. The summed E-state index contributed by atoms with van der Waals surface area (Å²) in [5.74, 6) is -3.35. The first-order chi connectivity index (χ1) is 20.6. The number of benzene rings is 3. The number of carboxylic acid groups (broad SMARTS) is 1. The average Bonchev–Trinajstić information content (AvgIpc) is 3.03. The highest BCUT2D eigenvalue weighted by atomic mass is 19.4. The van der Waals surface area contributed by atoms with Gasteiger partial charge in [-0.2, -0.15) is 13.2 Å². The van der Waals surface area contributed by atoms with Crippen LogP contribution in [0, 0.1) is 0 Å². The lowest BCUT2D eigenvalue weighted by Gasteiger charge is -2.14. The summed E-state index contributed by atoms with van der Waals surface area (Å²) in [6.07, 6.45) is -3.52. The molecule has 2 aromatic heterocycles. The molecule has 0 unspecified atom stereocenters. The number of halogens is 3. The second-order valence-electron chi connectivity index (χ2n) is 9.15. The summed E-state index contributed by atoms with van der Waals surface area (Å²) in [4.78, 5) is 43.8. The molecule has 0 aliphatic rings. The molecular weight excluding hydrogens is 561 g/mol. The molecular formula is C32H25F3N4O4. The van der Waals surface area contributed by atoms with Crippen molar-refractivity contribution in [3.63, 3.8) is 0 Å². The van der Waals surface area contributed by atoms with E-state index in [1.807, 2.05) is 66.7 Å². The summed E-state index contributed by atoms with van der Waals surface area (Å²) in [5.41, 5.74) is 11.8. The highest BCUT2D eigenvalue weighted by molar-refractivity contribution is 6.08. The Morgan fingerprint density at radius 2 is 1.44 bits per heavy atom. The molecule has 43 heavy (non-hydrogen) atoms. The Bertz CT molecular complexity index is 1740. The van der Waals surface area contributed by atoms with E-state index in [2.05, 4.69) is 10.3 Å². The molecule has 0 fully saturated rings. The first-order valence-electron chi connectivity index (χ1n) is 12.9. The van der Waals surface area contributed by atoms with Crippen LogP contribution in [0.3, 0.4) is 0 Å². The SMILES string of the molecule is NCc1ccc(-c2nc3ccnc(C(=O)NCC(=O)c4ccccc4)c3cc2-c2ccccc2)cc1.O=C(O)C(F)(F)F. The van der Waals surface area contributed by atoms with E-state index < -0.39 is 18.1 Å². The minimum atomic E-state index is -5.08. The van der Waals surface area contributed by atoms with Gasteiger partial charge < -0.3 is 16.2 Å². The number of carbonyl (C=O) groups excluding carboxylic acids is 2. The first kappa shape index (κ1) is 30.5. The van der Waals surface area contributed by atoms with E-state index in [4.69, 9.17) is 20.6 Å². The third-order valence-electron chi connectivity index (χ3n) is 6.25. The van der Waals surface area contributed by atoms with Crippen molar-refractivity contribution in [1.29, 1.82) is 0 Å². The number of hydrogen-bond donors (Lipinski definition) is 3. The van der Waals surface area contributed by atoms with Crippen molar-refractivity contribution in [1.82, 2.24) is 15.3 Å². The minimum absolute atomic E-state index is 0.120. The number of nitrogens with one attached hydrogen (secondary N) is 1. The lowest BCUT2D eigenvalue weighted by molar-refractivity contribution is -0.192. The van der Waals surface area contributed by atoms with Crippen LogP contribution in [0.1, 0.15) is 26.4 Å². The molecule has 1 amide bonds. The van der Waals surface area contributed by atoms with Gasteiger partial charge in [0.05, 0.1) is 17.8 Å². The molecule has 8 nitrogen and oxygen atoms in total. The van der Waals surface area contributed by atoms with Crippen LogP contribution in [0.4, 0.5) is 13.2 Å². The molecule has 2 heterocycles. The van der Waals surface area contributed by atoms with Crippen LogP contribution in [0.5, 0.6) is 0 Å². The number of carboxylic acids is 1. The molecule has 0 atom stereocenters. The van der Waals surface area contributed by atoms with Gasteiger partial charge in [0, 0.05) is 34.8 Å². The number of alkyl halides is 3. The Balaban J connectivity index is 0.000000541. The van der Waals surface area contributed by atoms with E-state index in [1.165, 1.54) is 0 Å². The molecule has 4 N–H and O–H groups in total. The van der Waals surface area contributed by atoms with Crippen molar-refractivity contribution in [2.75, 3.05) is 6.54 Å². The number of carbonyl (C=O) groups is 3. The molecule has 0 aliphatic carbocycles. The number of hydrogen-bond acceptors (Lipinski definition) is 6. The Labute approximate surface area is 244 Å². The fraction of sp³-hybridized carbons (Fsp3) is 0.0938. The zero-order valence-electron chi connectivity index (χ0n) is 22.5. The van der Waals surface area contributed by atoms with Crippen molar-refractivity contribution in [3.8, 4) is 22.4 Å². The van der Waals surface area contributed by atoms with Crippen molar-refractivity contribution >= 4 is 28.6 Å². The van der Waals surface area contributed by atoms with Crippen molar-refractivity contribution in [2.45, 2.75) is 12.7 Å². The zero-order chi connectivity index (χ0) is 31.0. The van der Waals surface area contributed by atoms with Crippen LogP contribution in [0.2, 0.25) is 0 Å². The van der Waals surface area contributed by atoms with Gasteiger partial charge in [0.2, 0.25) is 0 Å². The molecule has 3 aromatic carbocycles. The van der Waals surface area contributed by atoms with E-state index in [9.17, 15) is 22.8 Å². The normalized spacial score (nSPS) is 10.9. The number of nitrogens with two attached hydrogens (primary N) is 1. The summed E-state index contributed by atoms with van der Waals surface area (Å²) in [6.45, 7) is 0.347. The Kier molecular flexibility index (Phi) is 9.58. The van der Waals surface area contributed by atoms with Crippen LogP contribution in [-0.2, 0) is 11.3 Å². The molecule has 218 valence electrons. The summed E-state index contributed by atoms with van der Waals surface area (Å²) in [6, 6.07) is 30.5. The monoisotopic (exact) mass is 586 g/mol. The largest absolute Gasteiger partial charge is 0.490 e. The van der Waals surface area contributed by atoms with Gasteiger partial charge in [0.25, 0.3) is 5.91 Å². The average molecular weight is 587 g/mol. The van der Waals surface area contributed by atoms with Crippen LogP contribution >= 0.6 is 0 Å². The number of amides is 1. The number of pyridine rings is 2. The molecule has 5 aromatic rings. The van der Waals surface area contributed by atoms with Crippen LogP contribution < -0.4 is 11.1 Å². The Morgan fingerprint density at radius 3 is 2.02 bits per heavy atom. The predicted octanol–water partition coefficient (Wildman–Crippen LogP) is 5.67. The fourth-order valence-electron chi connectivity index (χ4n) is 4.10. The molecule has 0 bridgehead atoms. The molecule has 11 heteroatoms. The molecule has 0 spiro atoms. The van der Waals surface area contributed by atoms with Gasteiger partial charge in [0.15, 0.2) is 5.78 Å². The van der Waals surface area contributed by atoms with Crippen molar-refractivity contribution in [2.24, 2.45) is 5.73 Å². The third kappa shape index (κ3) is 7.66. The second-order valence-corrected chi connectivity index (χ2v) is 9.15. The molecule has 5 rings (SSSR count). The summed E-state index contributed by atoms with van der Waals surface area (Å²) in [5, 5.41) is 10.5. The summed E-state index contributed by atoms with van der Waals surface area (Å²) >= 11 is 0. The Hall–Kier alpha value is -5.42. The van der Waals surface area contributed by atoms with E-state index in [-0.39, 0.29) is 18.0 Å². The van der Waals surface area contributed by atoms with Gasteiger partial charge in [-0.15, -0.1) is 0 Å². The second kappa shape index (κ2) is 13.5. The van der Waals surface area contributed by atoms with Crippen LogP contribution in [0.25, 0.3) is 33.3 Å². The fourth-order valence-corrected chi connectivity index (χ4v) is 4.10. The lowest BCUT2D eigenvalue weighted by Crippen LogP contribution is -2.30. The van der Waals surface area contributed by atoms with Crippen molar-refractivity contribution < 1.29 is 32.7 Å². The van der Waals surface area contributed by atoms with Gasteiger partial charge >= 0.3 is 12.1 Å². The molecule has 0 radical (unpaired) electrons. The van der Waals surface area contributed by atoms with Gasteiger partial charge in [-0.25, -0.2) is 9.78 Å². The van der Waals surface area contributed by atoms with Gasteiger partial charge in [-0.3, -0.25) is 14.6 Å².